The van der Waals surface area contributed by atoms with Crippen LogP contribution in [0.25, 0.3) is 22.2 Å². The fourth-order valence-electron chi connectivity index (χ4n) is 3.04. The highest BCUT2D eigenvalue weighted by atomic mass is 16.1. The molecule has 1 N–H and O–H groups in total. The van der Waals surface area contributed by atoms with E-state index in [-0.39, 0.29) is 5.91 Å². The Morgan fingerprint density at radius 3 is 2.42 bits per heavy atom. The minimum Gasteiger partial charge on any atom is -0.322 e. The van der Waals surface area contributed by atoms with Gasteiger partial charge in [0.2, 0.25) is 0 Å². The topological polar surface area (TPSA) is 42.0 Å². The second-order valence-corrected chi connectivity index (χ2v) is 6.26. The number of carbonyl (C=O) groups excluding carboxylic acids is 1. The molecule has 0 unspecified atom stereocenters. The summed E-state index contributed by atoms with van der Waals surface area (Å²) in [4.78, 5) is 17.7. The summed E-state index contributed by atoms with van der Waals surface area (Å²) in [7, 11) is 0. The molecular weight excluding hydrogens is 320 g/mol. The van der Waals surface area contributed by atoms with Gasteiger partial charge < -0.3 is 5.32 Å². The van der Waals surface area contributed by atoms with Gasteiger partial charge in [-0.25, -0.2) is 4.98 Å². The molecule has 1 heterocycles. The Labute approximate surface area is 152 Å². The van der Waals surface area contributed by atoms with E-state index < -0.39 is 0 Å². The van der Waals surface area contributed by atoms with Crippen molar-refractivity contribution < 1.29 is 4.79 Å². The molecule has 126 valence electrons. The molecular formula is C23H18N2O. The number of carbonyl (C=O) groups is 1. The van der Waals surface area contributed by atoms with Crippen molar-refractivity contribution in [2.24, 2.45) is 0 Å². The molecule has 0 aliphatic heterocycles. The predicted molar refractivity (Wildman–Crippen MR) is 106 cm³/mol. The third-order valence-electron chi connectivity index (χ3n) is 4.31. The monoisotopic (exact) mass is 338 g/mol. The first-order valence-corrected chi connectivity index (χ1v) is 8.54. The van der Waals surface area contributed by atoms with Gasteiger partial charge in [-0.1, -0.05) is 60.2 Å². The predicted octanol–water partition coefficient (Wildman–Crippen LogP) is 5.46. The number of hydrogen-bond donors (Lipinski definition) is 1. The second-order valence-electron chi connectivity index (χ2n) is 6.26. The fourth-order valence-corrected chi connectivity index (χ4v) is 3.04. The summed E-state index contributed by atoms with van der Waals surface area (Å²) < 4.78 is 0. The maximum atomic E-state index is 12.9. The zero-order valence-corrected chi connectivity index (χ0v) is 14.4. The van der Waals surface area contributed by atoms with Crippen molar-refractivity contribution in [2.75, 3.05) is 5.32 Å². The molecule has 0 radical (unpaired) electrons. The Morgan fingerprint density at radius 2 is 1.62 bits per heavy atom. The lowest BCUT2D eigenvalue weighted by Gasteiger charge is -2.11. The highest BCUT2D eigenvalue weighted by Crippen LogP contribution is 2.26. The SMILES string of the molecule is Cc1cccc(-c2cc(C(=O)Nc3ccccc3)c3ccccc3n2)c1. The normalized spacial score (nSPS) is 10.7. The Balaban J connectivity index is 1.83. The van der Waals surface area contributed by atoms with Gasteiger partial charge in [0.1, 0.15) is 0 Å². The van der Waals surface area contributed by atoms with Gasteiger partial charge in [-0.3, -0.25) is 4.79 Å². The van der Waals surface area contributed by atoms with E-state index in [1.54, 1.807) is 0 Å². The molecule has 1 amide bonds. The van der Waals surface area contributed by atoms with Crippen molar-refractivity contribution in [3.63, 3.8) is 0 Å². The number of benzene rings is 3. The van der Waals surface area contributed by atoms with Gasteiger partial charge >= 0.3 is 0 Å². The van der Waals surface area contributed by atoms with Crippen LogP contribution in [0.5, 0.6) is 0 Å². The molecule has 3 nitrogen and oxygen atoms in total. The molecule has 0 saturated carbocycles. The number of aromatic nitrogens is 1. The number of fused-ring (bicyclic) bond motifs is 1. The van der Waals surface area contributed by atoms with Gasteiger partial charge in [0.25, 0.3) is 5.91 Å². The summed E-state index contributed by atoms with van der Waals surface area (Å²) in [6.45, 7) is 2.05. The molecule has 0 fully saturated rings. The number of anilines is 1. The second kappa shape index (κ2) is 6.81. The molecule has 1 aromatic heterocycles. The summed E-state index contributed by atoms with van der Waals surface area (Å²) in [5, 5.41) is 3.82. The summed E-state index contributed by atoms with van der Waals surface area (Å²) in [5.41, 5.74) is 5.17. The zero-order chi connectivity index (χ0) is 17.9. The molecule has 4 rings (SSSR count). The van der Waals surface area contributed by atoms with E-state index in [9.17, 15) is 4.79 Å². The molecule has 3 heteroatoms. The molecule has 26 heavy (non-hydrogen) atoms. The standard InChI is InChI=1S/C23H18N2O/c1-16-8-7-9-17(14-16)22-15-20(19-12-5-6-13-21(19)25-22)23(26)24-18-10-3-2-4-11-18/h2-15H,1H3,(H,24,26). The Bertz CT molecular complexity index is 1090. The van der Waals surface area contributed by atoms with Crippen molar-refractivity contribution in [3.8, 4) is 11.3 Å². The summed E-state index contributed by atoms with van der Waals surface area (Å²) in [5.74, 6) is -0.135. The van der Waals surface area contributed by atoms with Crippen molar-refractivity contribution in [1.29, 1.82) is 0 Å². The van der Waals surface area contributed by atoms with Crippen LogP contribution in [0.4, 0.5) is 5.69 Å². The lowest BCUT2D eigenvalue weighted by molar-refractivity contribution is 0.102. The molecule has 3 aromatic carbocycles. The summed E-state index contributed by atoms with van der Waals surface area (Å²) in [6, 6.07) is 27.2. The summed E-state index contributed by atoms with van der Waals surface area (Å²) in [6.07, 6.45) is 0. The minimum absolute atomic E-state index is 0.135. The van der Waals surface area contributed by atoms with Crippen LogP contribution in [0, 0.1) is 6.92 Å². The van der Waals surface area contributed by atoms with Gasteiger partial charge in [-0.15, -0.1) is 0 Å². The number of nitrogens with zero attached hydrogens (tertiary/aromatic N) is 1. The first kappa shape index (κ1) is 16.0. The average Bonchev–Trinajstić information content (AvgIpc) is 2.68. The maximum Gasteiger partial charge on any atom is 0.256 e. The molecule has 4 aromatic rings. The van der Waals surface area contributed by atoms with Gasteiger partial charge in [0.15, 0.2) is 0 Å². The third kappa shape index (κ3) is 3.20. The van der Waals surface area contributed by atoms with Crippen LogP contribution in [0.15, 0.2) is 84.9 Å². The van der Waals surface area contributed by atoms with Gasteiger partial charge in [-0.05, 0) is 37.3 Å². The van der Waals surface area contributed by atoms with Crippen LogP contribution >= 0.6 is 0 Å². The van der Waals surface area contributed by atoms with Crippen LogP contribution < -0.4 is 5.32 Å². The van der Waals surface area contributed by atoms with Gasteiger partial charge in [0.05, 0.1) is 16.8 Å². The highest BCUT2D eigenvalue weighted by Gasteiger charge is 2.14. The van der Waals surface area contributed by atoms with Gasteiger partial charge in [0, 0.05) is 16.6 Å². The van der Waals surface area contributed by atoms with E-state index in [0.717, 1.165) is 33.4 Å². The molecule has 0 saturated heterocycles. The van der Waals surface area contributed by atoms with E-state index in [1.807, 2.05) is 85.8 Å². The fraction of sp³-hybridized carbons (Fsp3) is 0.0435. The minimum atomic E-state index is -0.135. The Hall–Kier alpha value is -3.46. The zero-order valence-electron chi connectivity index (χ0n) is 14.4. The number of pyridine rings is 1. The van der Waals surface area contributed by atoms with E-state index >= 15 is 0 Å². The average molecular weight is 338 g/mol. The lowest BCUT2D eigenvalue weighted by atomic mass is 10.0. The number of rotatable bonds is 3. The van der Waals surface area contributed by atoms with Crippen molar-refractivity contribution in [2.45, 2.75) is 6.92 Å². The van der Waals surface area contributed by atoms with Crippen LogP contribution in [-0.4, -0.2) is 10.9 Å². The van der Waals surface area contributed by atoms with E-state index in [0.29, 0.717) is 5.56 Å². The number of amides is 1. The Morgan fingerprint density at radius 1 is 0.846 bits per heavy atom. The molecule has 0 aliphatic rings. The summed E-state index contributed by atoms with van der Waals surface area (Å²) >= 11 is 0. The van der Waals surface area contributed by atoms with E-state index in [2.05, 4.69) is 11.4 Å². The highest BCUT2D eigenvalue weighted by molar-refractivity contribution is 6.13. The van der Waals surface area contributed by atoms with Crippen LogP contribution in [0.3, 0.4) is 0 Å². The van der Waals surface area contributed by atoms with Crippen molar-refractivity contribution in [1.82, 2.24) is 4.98 Å². The van der Waals surface area contributed by atoms with E-state index in [4.69, 9.17) is 4.98 Å². The van der Waals surface area contributed by atoms with Crippen molar-refractivity contribution >= 4 is 22.5 Å². The number of nitrogens with one attached hydrogen (secondary N) is 1. The van der Waals surface area contributed by atoms with Crippen molar-refractivity contribution in [3.05, 3.63) is 96.1 Å². The first-order valence-electron chi connectivity index (χ1n) is 8.54. The smallest absolute Gasteiger partial charge is 0.256 e. The molecule has 0 atom stereocenters. The lowest BCUT2D eigenvalue weighted by Crippen LogP contribution is -2.13. The van der Waals surface area contributed by atoms with Crippen LogP contribution in [0.1, 0.15) is 15.9 Å². The third-order valence-corrected chi connectivity index (χ3v) is 4.31. The largest absolute Gasteiger partial charge is 0.322 e. The number of aryl methyl sites for hydroxylation is 1. The molecule has 0 bridgehead atoms. The van der Waals surface area contributed by atoms with Gasteiger partial charge in [-0.2, -0.15) is 0 Å². The Kier molecular flexibility index (Phi) is 4.20. The number of para-hydroxylation sites is 2. The molecule has 0 aliphatic carbocycles. The molecule has 0 spiro atoms. The van der Waals surface area contributed by atoms with Crippen LogP contribution in [0.2, 0.25) is 0 Å². The maximum absolute atomic E-state index is 12.9. The quantitative estimate of drug-likeness (QED) is 0.539. The van der Waals surface area contributed by atoms with E-state index in [1.165, 1.54) is 0 Å². The van der Waals surface area contributed by atoms with Crippen LogP contribution in [-0.2, 0) is 0 Å². The number of hydrogen-bond acceptors (Lipinski definition) is 2. The first-order chi connectivity index (χ1) is 12.7.